The third-order valence-electron chi connectivity index (χ3n) is 6.03. The molecule has 1 heterocycles. The smallest absolute Gasteiger partial charge is 0.0558 e. The van der Waals surface area contributed by atoms with E-state index in [1.54, 1.807) is 0 Å². The van der Waals surface area contributed by atoms with Gasteiger partial charge in [0.1, 0.15) is 0 Å². The summed E-state index contributed by atoms with van der Waals surface area (Å²) in [5.41, 5.74) is 5.64. The Bertz CT molecular complexity index is 728. The maximum atomic E-state index is 9.09. The Morgan fingerprint density at radius 3 is 1.81 bits per heavy atom. The number of aliphatic hydroxyl groups excluding tert-OH is 1. The Morgan fingerprint density at radius 2 is 1.26 bits per heavy atom. The van der Waals surface area contributed by atoms with Gasteiger partial charge in [-0.25, -0.2) is 0 Å². The molecule has 3 nitrogen and oxygen atoms in total. The van der Waals surface area contributed by atoms with Crippen molar-refractivity contribution in [3.05, 3.63) is 70.8 Å². The largest absolute Gasteiger partial charge is 0.395 e. The second kappa shape index (κ2) is 8.83. The first-order valence-electron chi connectivity index (χ1n) is 10.3. The van der Waals surface area contributed by atoms with Crippen LogP contribution in [-0.4, -0.2) is 60.8 Å². The van der Waals surface area contributed by atoms with Crippen molar-refractivity contribution in [2.75, 3.05) is 45.9 Å². The van der Waals surface area contributed by atoms with Gasteiger partial charge in [0.05, 0.1) is 6.61 Å². The number of hydrogen-bond donors (Lipinski definition) is 1. The van der Waals surface area contributed by atoms with Crippen LogP contribution in [0.5, 0.6) is 0 Å². The van der Waals surface area contributed by atoms with Gasteiger partial charge >= 0.3 is 0 Å². The molecule has 0 unspecified atom stereocenters. The molecule has 142 valence electrons. The van der Waals surface area contributed by atoms with Crippen LogP contribution in [0.3, 0.4) is 0 Å². The van der Waals surface area contributed by atoms with Gasteiger partial charge in [0.25, 0.3) is 0 Å². The highest BCUT2D eigenvalue weighted by Gasteiger charge is 2.22. The van der Waals surface area contributed by atoms with Crippen LogP contribution in [0.15, 0.2) is 48.5 Å². The third-order valence-corrected chi connectivity index (χ3v) is 6.03. The lowest BCUT2D eigenvalue weighted by Gasteiger charge is -2.34. The van der Waals surface area contributed by atoms with Crippen molar-refractivity contribution >= 4 is 12.2 Å². The first kappa shape index (κ1) is 18.4. The van der Waals surface area contributed by atoms with Crippen molar-refractivity contribution in [3.8, 4) is 0 Å². The molecule has 0 spiro atoms. The average Bonchev–Trinajstić information content (AvgIpc) is 2.87. The number of hydrogen-bond acceptors (Lipinski definition) is 3. The standard InChI is InChI=1S/C24H30N2O/c27-19-18-26-16-14-25(15-17-26)13-5-10-24-22-8-3-1-6-20(22)11-12-21-7-2-4-9-23(21)24/h1-4,6-9,11-12,24,27H,5,10,13-19H2. The molecule has 0 amide bonds. The number of fused-ring (bicyclic) bond motifs is 2. The van der Waals surface area contributed by atoms with Crippen LogP contribution < -0.4 is 0 Å². The molecule has 0 radical (unpaired) electrons. The van der Waals surface area contributed by atoms with Crippen molar-refractivity contribution < 1.29 is 5.11 Å². The van der Waals surface area contributed by atoms with E-state index in [2.05, 4.69) is 70.5 Å². The van der Waals surface area contributed by atoms with Gasteiger partial charge in [-0.2, -0.15) is 0 Å². The summed E-state index contributed by atoms with van der Waals surface area (Å²) in [6.07, 6.45) is 6.95. The van der Waals surface area contributed by atoms with Gasteiger partial charge in [0.15, 0.2) is 0 Å². The lowest BCUT2D eigenvalue weighted by molar-refractivity contribution is 0.111. The highest BCUT2D eigenvalue weighted by molar-refractivity contribution is 5.76. The average molecular weight is 363 g/mol. The van der Waals surface area contributed by atoms with Crippen LogP contribution in [0, 0.1) is 0 Å². The van der Waals surface area contributed by atoms with E-state index in [-0.39, 0.29) is 6.61 Å². The summed E-state index contributed by atoms with van der Waals surface area (Å²) in [5.74, 6) is 0.475. The van der Waals surface area contributed by atoms with Crippen LogP contribution in [-0.2, 0) is 0 Å². The fourth-order valence-electron chi connectivity index (χ4n) is 4.52. The van der Waals surface area contributed by atoms with Crippen molar-refractivity contribution in [1.29, 1.82) is 0 Å². The highest BCUT2D eigenvalue weighted by Crippen LogP contribution is 2.37. The lowest BCUT2D eigenvalue weighted by atomic mass is 9.84. The summed E-state index contributed by atoms with van der Waals surface area (Å²) in [5, 5.41) is 9.09. The Balaban J connectivity index is 1.42. The van der Waals surface area contributed by atoms with E-state index >= 15 is 0 Å². The van der Waals surface area contributed by atoms with Gasteiger partial charge in [0, 0.05) is 38.6 Å². The van der Waals surface area contributed by atoms with Gasteiger partial charge in [-0.05, 0) is 41.6 Å². The van der Waals surface area contributed by atoms with E-state index in [1.165, 1.54) is 41.6 Å². The predicted octanol–water partition coefficient (Wildman–Crippen LogP) is 3.69. The van der Waals surface area contributed by atoms with E-state index in [4.69, 9.17) is 5.11 Å². The van der Waals surface area contributed by atoms with Crippen molar-refractivity contribution in [3.63, 3.8) is 0 Å². The van der Waals surface area contributed by atoms with E-state index in [9.17, 15) is 0 Å². The van der Waals surface area contributed by atoms with Crippen LogP contribution in [0.2, 0.25) is 0 Å². The number of piperazine rings is 1. The molecular formula is C24H30N2O. The molecule has 1 N–H and O–H groups in total. The molecule has 2 aliphatic rings. The van der Waals surface area contributed by atoms with Crippen LogP contribution in [0.1, 0.15) is 41.0 Å². The molecular weight excluding hydrogens is 332 g/mol. The van der Waals surface area contributed by atoms with Gasteiger partial charge < -0.3 is 10.0 Å². The first-order chi connectivity index (χ1) is 13.3. The van der Waals surface area contributed by atoms with Crippen LogP contribution in [0.25, 0.3) is 12.2 Å². The predicted molar refractivity (Wildman–Crippen MR) is 113 cm³/mol. The summed E-state index contributed by atoms with van der Waals surface area (Å²) >= 11 is 0. The van der Waals surface area contributed by atoms with Crippen LogP contribution >= 0.6 is 0 Å². The molecule has 0 saturated carbocycles. The van der Waals surface area contributed by atoms with Crippen molar-refractivity contribution in [2.45, 2.75) is 18.8 Å². The monoisotopic (exact) mass is 362 g/mol. The molecule has 27 heavy (non-hydrogen) atoms. The summed E-state index contributed by atoms with van der Waals surface area (Å²) in [7, 11) is 0. The Labute approximate surface area is 162 Å². The quantitative estimate of drug-likeness (QED) is 0.849. The molecule has 0 atom stereocenters. The first-order valence-corrected chi connectivity index (χ1v) is 10.3. The molecule has 1 saturated heterocycles. The summed E-state index contributed by atoms with van der Waals surface area (Å²) in [6, 6.07) is 17.7. The van der Waals surface area contributed by atoms with E-state index < -0.39 is 0 Å². The minimum absolute atomic E-state index is 0.272. The summed E-state index contributed by atoms with van der Waals surface area (Å²) in [4.78, 5) is 4.95. The number of benzene rings is 2. The van der Waals surface area contributed by atoms with Crippen molar-refractivity contribution in [1.82, 2.24) is 9.80 Å². The maximum absolute atomic E-state index is 9.09. The minimum atomic E-state index is 0.272. The molecule has 0 aromatic heterocycles. The Morgan fingerprint density at radius 1 is 0.741 bits per heavy atom. The summed E-state index contributed by atoms with van der Waals surface area (Å²) < 4.78 is 0. The zero-order valence-electron chi connectivity index (χ0n) is 16.1. The van der Waals surface area contributed by atoms with Gasteiger partial charge in [-0.3, -0.25) is 4.90 Å². The van der Waals surface area contributed by atoms with Gasteiger partial charge in [-0.15, -0.1) is 0 Å². The summed E-state index contributed by atoms with van der Waals surface area (Å²) in [6.45, 7) is 6.67. The van der Waals surface area contributed by atoms with Gasteiger partial charge in [-0.1, -0.05) is 60.7 Å². The van der Waals surface area contributed by atoms with Crippen LogP contribution in [0.4, 0.5) is 0 Å². The van der Waals surface area contributed by atoms with E-state index in [1.807, 2.05) is 0 Å². The number of nitrogens with zero attached hydrogens (tertiary/aromatic N) is 2. The molecule has 3 heteroatoms. The lowest BCUT2D eigenvalue weighted by Crippen LogP contribution is -2.47. The maximum Gasteiger partial charge on any atom is 0.0558 e. The second-order valence-electron chi connectivity index (χ2n) is 7.69. The third kappa shape index (κ3) is 4.32. The SMILES string of the molecule is OCCN1CCN(CCCC2c3ccccc3C=Cc3ccccc32)CC1. The Kier molecular flexibility index (Phi) is 6.03. The van der Waals surface area contributed by atoms with Crippen molar-refractivity contribution in [2.24, 2.45) is 0 Å². The zero-order valence-corrected chi connectivity index (χ0v) is 16.1. The topological polar surface area (TPSA) is 26.7 Å². The number of β-amino-alcohol motifs (C(OH)–C–C–N with tert-alkyl or cyclic N) is 1. The number of aliphatic hydroxyl groups is 1. The van der Waals surface area contributed by atoms with Gasteiger partial charge in [0.2, 0.25) is 0 Å². The normalized spacial score (nSPS) is 18.1. The fraction of sp³-hybridized carbons (Fsp3) is 0.417. The zero-order chi connectivity index (χ0) is 18.5. The fourth-order valence-corrected chi connectivity index (χ4v) is 4.52. The molecule has 4 rings (SSSR count). The number of rotatable bonds is 6. The molecule has 1 fully saturated rings. The molecule has 1 aliphatic heterocycles. The van der Waals surface area contributed by atoms with E-state index in [0.717, 1.165) is 32.7 Å². The molecule has 1 aliphatic carbocycles. The molecule has 2 aromatic rings. The Hall–Kier alpha value is -1.94. The molecule has 0 bridgehead atoms. The highest BCUT2D eigenvalue weighted by atomic mass is 16.3. The second-order valence-corrected chi connectivity index (χ2v) is 7.69. The molecule has 2 aromatic carbocycles. The minimum Gasteiger partial charge on any atom is -0.395 e. The van der Waals surface area contributed by atoms with E-state index in [0.29, 0.717) is 5.92 Å².